The van der Waals surface area contributed by atoms with Crippen molar-refractivity contribution in [1.29, 1.82) is 0 Å². The minimum Gasteiger partial charge on any atom is -0.466 e. The van der Waals surface area contributed by atoms with Gasteiger partial charge >= 0.3 is 5.97 Å². The average Bonchev–Trinajstić information content (AvgIpc) is 2.83. The molecule has 2 atom stereocenters. The first-order valence-electron chi connectivity index (χ1n) is 11.6. The molecule has 0 amide bonds. The predicted octanol–water partition coefficient (Wildman–Crippen LogP) is 7.41. The molecule has 4 nitrogen and oxygen atoms in total. The van der Waals surface area contributed by atoms with E-state index in [9.17, 15) is 9.36 Å². The Morgan fingerprint density at radius 3 is 2.42 bits per heavy atom. The maximum absolute atomic E-state index is 13.8. The number of ether oxygens (including phenoxy) is 1. The first-order chi connectivity index (χ1) is 16.0. The number of esters is 1. The molecule has 3 aromatic carbocycles. The Kier molecular flexibility index (Phi) is 10.1. The third kappa shape index (κ3) is 7.74. The van der Waals surface area contributed by atoms with Crippen LogP contribution in [0.1, 0.15) is 32.3 Å². The molecule has 0 spiro atoms. The summed E-state index contributed by atoms with van der Waals surface area (Å²) in [5.41, 5.74) is 1.57. The zero-order chi connectivity index (χ0) is 23.5. The lowest BCUT2D eigenvalue weighted by molar-refractivity contribution is -0.147. The van der Waals surface area contributed by atoms with Gasteiger partial charge in [0.2, 0.25) is 7.37 Å². The van der Waals surface area contributed by atoms with Gasteiger partial charge < -0.3 is 9.26 Å². The number of carbonyl (C=O) groups is 1. The molecule has 0 saturated carbocycles. The molecule has 0 fully saturated rings. The number of fused-ring (bicyclic) bond motifs is 1. The Bertz CT molecular complexity index is 1060. The molecule has 0 bridgehead atoms. The standard InChI is InChI=1S/C27H33O4PS/c1-3-30-27(28)24(17-10-14-22-12-6-5-7-13-22)20-32(29,31-4-2)21-33-26-19-11-16-23-15-8-9-18-25(23)26/h5-9,11-13,15-16,18-19,24H,3-4,10,14,17,20-21H2,1-2H3. The lowest BCUT2D eigenvalue weighted by Gasteiger charge is -2.23. The van der Waals surface area contributed by atoms with Crippen molar-refractivity contribution in [2.75, 3.05) is 24.9 Å². The number of hydrogen-bond acceptors (Lipinski definition) is 5. The van der Waals surface area contributed by atoms with Crippen molar-refractivity contribution in [2.45, 2.75) is 38.0 Å². The fourth-order valence-electron chi connectivity index (χ4n) is 3.94. The van der Waals surface area contributed by atoms with Crippen LogP contribution in [0, 0.1) is 5.92 Å². The molecule has 0 aliphatic rings. The summed E-state index contributed by atoms with van der Waals surface area (Å²) in [4.78, 5) is 13.8. The lowest BCUT2D eigenvalue weighted by Crippen LogP contribution is -2.23. The number of rotatable bonds is 13. The second-order valence-electron chi connectivity index (χ2n) is 7.99. The van der Waals surface area contributed by atoms with Gasteiger partial charge in [-0.1, -0.05) is 66.7 Å². The molecule has 0 radical (unpaired) electrons. The minimum atomic E-state index is -3.05. The van der Waals surface area contributed by atoms with E-state index in [0.717, 1.165) is 28.5 Å². The SMILES string of the molecule is CCOC(=O)C(CCCc1ccccc1)CP(=O)(CSc1cccc2ccccc12)OCC. The van der Waals surface area contributed by atoms with Gasteiger partial charge in [0, 0.05) is 11.1 Å². The molecule has 0 aliphatic heterocycles. The summed E-state index contributed by atoms with van der Waals surface area (Å²) < 4.78 is 25.0. The van der Waals surface area contributed by atoms with Crippen LogP contribution in [-0.2, 0) is 25.0 Å². The third-order valence-corrected chi connectivity index (χ3v) is 9.99. The van der Waals surface area contributed by atoms with Crippen molar-refractivity contribution < 1.29 is 18.6 Å². The van der Waals surface area contributed by atoms with Crippen molar-refractivity contribution >= 4 is 35.9 Å². The summed E-state index contributed by atoms with van der Waals surface area (Å²) in [5.74, 6) is -0.709. The Balaban J connectivity index is 1.70. The van der Waals surface area contributed by atoms with E-state index in [1.54, 1.807) is 18.7 Å². The second-order valence-corrected chi connectivity index (χ2v) is 12.0. The monoisotopic (exact) mass is 484 g/mol. The highest BCUT2D eigenvalue weighted by molar-refractivity contribution is 8.05. The Hall–Kier alpha value is -2.07. The van der Waals surface area contributed by atoms with E-state index in [0.29, 0.717) is 25.1 Å². The molecule has 0 N–H and O–H groups in total. The molecule has 3 rings (SSSR count). The van der Waals surface area contributed by atoms with Crippen molar-refractivity contribution in [3.05, 3.63) is 78.4 Å². The largest absolute Gasteiger partial charge is 0.466 e. The Labute approximate surface area is 201 Å². The van der Waals surface area contributed by atoms with Crippen molar-refractivity contribution in [3.8, 4) is 0 Å². The van der Waals surface area contributed by atoms with Crippen LogP contribution >= 0.6 is 19.1 Å². The summed E-state index contributed by atoms with van der Waals surface area (Å²) in [6.07, 6.45) is 2.55. The summed E-state index contributed by atoms with van der Waals surface area (Å²) in [6, 6.07) is 24.5. The van der Waals surface area contributed by atoms with E-state index < -0.39 is 13.3 Å². The highest BCUT2D eigenvalue weighted by atomic mass is 32.2. The first-order valence-corrected chi connectivity index (χ1v) is 14.6. The van der Waals surface area contributed by atoms with Gasteiger partial charge in [0.25, 0.3) is 0 Å². The highest BCUT2D eigenvalue weighted by Crippen LogP contribution is 2.53. The fourth-order valence-corrected chi connectivity index (χ4v) is 8.10. The van der Waals surface area contributed by atoms with Gasteiger partial charge in [-0.25, -0.2) is 0 Å². The van der Waals surface area contributed by atoms with Gasteiger partial charge in [-0.3, -0.25) is 9.36 Å². The quantitative estimate of drug-likeness (QED) is 0.144. The average molecular weight is 485 g/mol. The van der Waals surface area contributed by atoms with Crippen LogP contribution < -0.4 is 0 Å². The van der Waals surface area contributed by atoms with Crippen LogP contribution in [0.3, 0.4) is 0 Å². The first kappa shape index (κ1) is 25.6. The van der Waals surface area contributed by atoms with Gasteiger partial charge in [0.05, 0.1) is 24.6 Å². The molecular formula is C27H33O4PS. The number of hydrogen-bond donors (Lipinski definition) is 0. The topological polar surface area (TPSA) is 52.6 Å². The van der Waals surface area contributed by atoms with Gasteiger partial charge in [-0.15, -0.1) is 11.8 Å². The van der Waals surface area contributed by atoms with Crippen LogP contribution in [0.2, 0.25) is 0 Å². The summed E-state index contributed by atoms with van der Waals surface area (Å²) in [7, 11) is -3.05. The van der Waals surface area contributed by atoms with Crippen molar-refractivity contribution in [1.82, 2.24) is 0 Å². The Morgan fingerprint density at radius 2 is 1.67 bits per heavy atom. The van der Waals surface area contributed by atoms with Crippen LogP contribution in [0.5, 0.6) is 0 Å². The molecule has 6 heteroatoms. The summed E-state index contributed by atoms with van der Waals surface area (Å²) in [6.45, 7) is 4.33. The number of thioether (sulfide) groups is 1. The van der Waals surface area contributed by atoms with E-state index in [4.69, 9.17) is 9.26 Å². The predicted molar refractivity (Wildman–Crippen MR) is 138 cm³/mol. The van der Waals surface area contributed by atoms with Crippen LogP contribution in [0.25, 0.3) is 10.8 Å². The maximum atomic E-state index is 13.8. The van der Waals surface area contributed by atoms with E-state index in [1.165, 1.54) is 5.56 Å². The lowest BCUT2D eigenvalue weighted by atomic mass is 10.0. The summed E-state index contributed by atoms with van der Waals surface area (Å²) in [5, 5.41) is 2.29. The van der Waals surface area contributed by atoms with Gasteiger partial charge in [0.15, 0.2) is 0 Å². The molecule has 0 aliphatic carbocycles. The van der Waals surface area contributed by atoms with Gasteiger partial charge in [-0.05, 0) is 55.5 Å². The molecule has 33 heavy (non-hydrogen) atoms. The number of aryl methyl sites for hydroxylation is 1. The summed E-state index contributed by atoms with van der Waals surface area (Å²) >= 11 is 1.54. The zero-order valence-electron chi connectivity index (χ0n) is 19.4. The molecule has 176 valence electrons. The highest BCUT2D eigenvalue weighted by Gasteiger charge is 2.32. The van der Waals surface area contributed by atoms with Crippen LogP contribution in [-0.4, -0.2) is 30.8 Å². The second kappa shape index (κ2) is 13.0. The van der Waals surface area contributed by atoms with Crippen molar-refractivity contribution in [3.63, 3.8) is 0 Å². The zero-order valence-corrected chi connectivity index (χ0v) is 21.2. The smallest absolute Gasteiger partial charge is 0.309 e. The van der Waals surface area contributed by atoms with Crippen molar-refractivity contribution in [2.24, 2.45) is 5.92 Å². The minimum absolute atomic E-state index is 0.215. The molecule has 0 saturated heterocycles. The molecule has 2 unspecified atom stereocenters. The van der Waals surface area contributed by atoms with E-state index in [2.05, 4.69) is 30.3 Å². The van der Waals surface area contributed by atoms with Crippen LogP contribution in [0.15, 0.2) is 77.7 Å². The number of carbonyl (C=O) groups excluding carboxylic acids is 1. The van der Waals surface area contributed by atoms with Gasteiger partial charge in [-0.2, -0.15) is 0 Å². The molecular weight excluding hydrogens is 451 g/mol. The van der Waals surface area contributed by atoms with E-state index in [-0.39, 0.29) is 12.1 Å². The van der Waals surface area contributed by atoms with E-state index >= 15 is 0 Å². The van der Waals surface area contributed by atoms with Gasteiger partial charge in [0.1, 0.15) is 0 Å². The Morgan fingerprint density at radius 1 is 0.939 bits per heavy atom. The maximum Gasteiger partial charge on any atom is 0.309 e. The molecule has 0 aromatic heterocycles. The van der Waals surface area contributed by atoms with E-state index in [1.807, 2.05) is 49.4 Å². The molecule has 3 aromatic rings. The van der Waals surface area contributed by atoms with Crippen LogP contribution in [0.4, 0.5) is 0 Å². The normalized spacial score (nSPS) is 14.0. The third-order valence-electron chi connectivity index (χ3n) is 5.51. The fraction of sp³-hybridized carbons (Fsp3) is 0.370. The molecule has 0 heterocycles. The number of benzene rings is 3.